The summed E-state index contributed by atoms with van der Waals surface area (Å²) in [6.45, 7) is -3.48. The molecule has 0 aromatic carbocycles. The molecule has 0 bridgehead atoms. The van der Waals surface area contributed by atoms with Crippen LogP contribution in [0.15, 0.2) is 0 Å². The van der Waals surface area contributed by atoms with Crippen molar-refractivity contribution in [1.82, 2.24) is 0 Å². The first-order valence-electron chi connectivity index (χ1n) is 7.06. The van der Waals surface area contributed by atoms with Crippen LogP contribution in [0.5, 0.6) is 0 Å². The maximum Gasteiger partial charge on any atom is 0.525 e. The summed E-state index contributed by atoms with van der Waals surface area (Å²) in [5.41, 5.74) is 0. The Morgan fingerprint density at radius 1 is 0.545 bits per heavy atom. The zero-order chi connectivity index (χ0) is 27.1. The highest BCUT2D eigenvalue weighted by atomic mass is 19.4. The normalized spacial score (nSPS) is 18.3. The van der Waals surface area contributed by atoms with E-state index in [2.05, 4.69) is 9.47 Å². The van der Waals surface area contributed by atoms with Crippen molar-refractivity contribution in [2.24, 2.45) is 0 Å². The fourth-order valence-corrected chi connectivity index (χ4v) is 1.36. The van der Waals surface area contributed by atoms with E-state index in [9.17, 15) is 83.4 Å². The average molecular weight is 546 g/mol. The van der Waals surface area contributed by atoms with Crippen LogP contribution in [0, 0.1) is 0 Å². The Labute approximate surface area is 167 Å². The topological polar surface area (TPSA) is 27.7 Å². The third-order valence-electron chi connectivity index (χ3n) is 2.93. The average Bonchev–Trinajstić information content (AvgIpc) is 2.53. The van der Waals surface area contributed by atoms with Crippen LogP contribution in [0.3, 0.4) is 0 Å². The second-order valence-electron chi connectivity index (χ2n) is 5.57. The monoisotopic (exact) mass is 546 g/mol. The van der Waals surface area contributed by atoms with E-state index in [1.165, 1.54) is 0 Å². The van der Waals surface area contributed by atoms with Gasteiger partial charge in [0.15, 0.2) is 0 Å². The van der Waals surface area contributed by atoms with Gasteiger partial charge in [0, 0.05) is 0 Å². The highest BCUT2D eigenvalue weighted by Gasteiger charge is 2.73. The third-order valence-corrected chi connectivity index (χ3v) is 2.93. The molecule has 3 nitrogen and oxygen atoms in total. The first-order chi connectivity index (χ1) is 14.1. The van der Waals surface area contributed by atoms with E-state index in [0.29, 0.717) is 0 Å². The fraction of sp³-hybridized carbons (Fsp3) is 1.00. The molecule has 0 amide bonds. The maximum atomic E-state index is 13.2. The molecule has 0 aliphatic carbocycles. The molecule has 0 rings (SSSR count). The molecule has 3 atom stereocenters. The minimum atomic E-state index is -7.22. The second-order valence-corrected chi connectivity index (χ2v) is 5.57. The van der Waals surface area contributed by atoms with Gasteiger partial charge in [-0.15, -0.1) is 13.2 Å². The molecule has 0 spiro atoms. The second kappa shape index (κ2) is 9.30. The fourth-order valence-electron chi connectivity index (χ4n) is 1.36. The van der Waals surface area contributed by atoms with Crippen LogP contribution in [0.25, 0.3) is 0 Å². The molecular weight excluding hydrogens is 541 g/mol. The molecule has 0 N–H and O–H groups in total. The smallest absolute Gasteiger partial charge is 0.340 e. The standard InChI is InChI=1S/C11H5F19O3/c12-2(6(16,17)9(22,23)24)8(20,21)33-4(7(18,19)10(25,26)27)31-1-5(14,15)3(13)32-11(28,29)30/h2-4H,1H2. The first kappa shape index (κ1) is 31.6. The molecule has 0 fully saturated rings. The Morgan fingerprint density at radius 2 is 0.939 bits per heavy atom. The van der Waals surface area contributed by atoms with Crippen molar-refractivity contribution in [1.29, 1.82) is 0 Å². The molecule has 0 saturated heterocycles. The van der Waals surface area contributed by atoms with Gasteiger partial charge in [0.05, 0.1) is 0 Å². The molecule has 0 aliphatic rings. The van der Waals surface area contributed by atoms with Gasteiger partial charge in [-0.05, 0) is 0 Å². The first-order valence-corrected chi connectivity index (χ1v) is 7.06. The van der Waals surface area contributed by atoms with Crippen molar-refractivity contribution in [3.8, 4) is 0 Å². The van der Waals surface area contributed by atoms with E-state index in [4.69, 9.17) is 0 Å². The van der Waals surface area contributed by atoms with Crippen LogP contribution in [0.2, 0.25) is 0 Å². The summed E-state index contributed by atoms with van der Waals surface area (Å²) in [5, 5.41) is 0. The molecule has 0 radical (unpaired) electrons. The molecule has 3 unspecified atom stereocenters. The number of hydrogen-bond acceptors (Lipinski definition) is 3. The quantitative estimate of drug-likeness (QED) is 0.244. The molecule has 0 saturated carbocycles. The van der Waals surface area contributed by atoms with Crippen molar-refractivity contribution in [2.75, 3.05) is 6.61 Å². The highest BCUT2D eigenvalue weighted by molar-refractivity contribution is 4.91. The van der Waals surface area contributed by atoms with Gasteiger partial charge in [-0.1, -0.05) is 0 Å². The predicted molar refractivity (Wildman–Crippen MR) is 59.7 cm³/mol. The number of rotatable bonds is 10. The summed E-state index contributed by atoms with van der Waals surface area (Å²) in [6.07, 6.45) is -44.1. The molecule has 0 aromatic rings. The van der Waals surface area contributed by atoms with Crippen LogP contribution in [-0.2, 0) is 14.2 Å². The lowest BCUT2D eigenvalue weighted by atomic mass is 10.2. The molecule has 200 valence electrons. The molecule has 22 heteroatoms. The van der Waals surface area contributed by atoms with Gasteiger partial charge in [-0.2, -0.15) is 61.5 Å². The molecule has 0 aromatic heterocycles. The number of hydrogen-bond donors (Lipinski definition) is 0. The summed E-state index contributed by atoms with van der Waals surface area (Å²) in [7, 11) is 0. The Bertz CT molecular complexity index is 634. The lowest BCUT2D eigenvalue weighted by molar-refractivity contribution is -0.445. The van der Waals surface area contributed by atoms with Crippen molar-refractivity contribution in [2.45, 2.75) is 61.4 Å². The Kier molecular flexibility index (Phi) is 8.89. The summed E-state index contributed by atoms with van der Waals surface area (Å²) >= 11 is 0. The Hall–Kier alpha value is -1.45. The summed E-state index contributed by atoms with van der Waals surface area (Å²) in [4.78, 5) is 0. The van der Waals surface area contributed by atoms with Gasteiger partial charge in [0.1, 0.15) is 6.61 Å². The molecule has 33 heavy (non-hydrogen) atoms. The van der Waals surface area contributed by atoms with E-state index in [0.717, 1.165) is 0 Å². The lowest BCUT2D eigenvalue weighted by Gasteiger charge is -2.34. The highest BCUT2D eigenvalue weighted by Crippen LogP contribution is 2.48. The van der Waals surface area contributed by atoms with E-state index >= 15 is 0 Å². The molecular formula is C11H5F19O3. The van der Waals surface area contributed by atoms with Crippen LogP contribution in [-0.4, -0.2) is 68.0 Å². The lowest BCUT2D eigenvalue weighted by Crippen LogP contribution is -2.59. The van der Waals surface area contributed by atoms with Crippen LogP contribution in [0.1, 0.15) is 0 Å². The van der Waals surface area contributed by atoms with Gasteiger partial charge in [0.2, 0.25) is 6.29 Å². The summed E-state index contributed by atoms with van der Waals surface area (Å²) in [5.74, 6) is -20.1. The summed E-state index contributed by atoms with van der Waals surface area (Å²) < 4.78 is 244. The van der Waals surface area contributed by atoms with E-state index in [-0.39, 0.29) is 0 Å². The largest absolute Gasteiger partial charge is 0.525 e. The zero-order valence-corrected chi connectivity index (χ0v) is 14.3. The number of ether oxygens (including phenoxy) is 3. The SMILES string of the molecule is FC(OC(F)(F)F)C(F)(F)COC(OC(F)(F)C(F)C(F)(F)C(F)(F)F)C(F)(F)C(F)(F)F. The molecule has 0 heterocycles. The van der Waals surface area contributed by atoms with Gasteiger partial charge in [-0.25, -0.2) is 8.78 Å². The zero-order valence-electron chi connectivity index (χ0n) is 14.3. The minimum absolute atomic E-state index is 2.03. The van der Waals surface area contributed by atoms with Gasteiger partial charge in [0.25, 0.3) is 12.5 Å². The maximum absolute atomic E-state index is 13.2. The van der Waals surface area contributed by atoms with Crippen LogP contribution in [0.4, 0.5) is 83.4 Å². The van der Waals surface area contributed by atoms with Gasteiger partial charge < -0.3 is 4.74 Å². The van der Waals surface area contributed by atoms with Crippen molar-refractivity contribution >= 4 is 0 Å². The van der Waals surface area contributed by atoms with E-state index in [1.807, 2.05) is 4.74 Å². The predicted octanol–water partition coefficient (Wildman–Crippen LogP) is 6.14. The van der Waals surface area contributed by atoms with Crippen molar-refractivity contribution in [3.63, 3.8) is 0 Å². The van der Waals surface area contributed by atoms with Gasteiger partial charge >= 0.3 is 42.6 Å². The van der Waals surface area contributed by atoms with E-state index < -0.39 is 68.0 Å². The number of alkyl halides is 19. The minimum Gasteiger partial charge on any atom is -0.340 e. The van der Waals surface area contributed by atoms with Crippen LogP contribution < -0.4 is 0 Å². The van der Waals surface area contributed by atoms with Crippen LogP contribution >= 0.6 is 0 Å². The van der Waals surface area contributed by atoms with E-state index in [1.54, 1.807) is 0 Å². The third kappa shape index (κ3) is 7.79. The number of halogens is 19. The van der Waals surface area contributed by atoms with Gasteiger partial charge in [-0.3, -0.25) is 9.47 Å². The Morgan fingerprint density at radius 3 is 1.27 bits per heavy atom. The Balaban J connectivity index is 5.99. The van der Waals surface area contributed by atoms with Crippen molar-refractivity contribution in [3.05, 3.63) is 0 Å². The van der Waals surface area contributed by atoms with Crippen molar-refractivity contribution < 1.29 is 97.6 Å². The summed E-state index contributed by atoms with van der Waals surface area (Å²) in [6, 6.07) is 0. The molecule has 0 aliphatic heterocycles.